The molecule has 160 valence electrons. The Morgan fingerprint density at radius 1 is 1.16 bits per heavy atom. The van der Waals surface area contributed by atoms with Gasteiger partial charge in [-0.25, -0.2) is 9.48 Å². The molecule has 1 fully saturated rings. The fourth-order valence-corrected chi connectivity index (χ4v) is 3.71. The van der Waals surface area contributed by atoms with E-state index in [9.17, 15) is 9.59 Å². The van der Waals surface area contributed by atoms with E-state index < -0.39 is 11.9 Å². The number of ether oxygens (including phenoxy) is 2. The number of amides is 1. The van der Waals surface area contributed by atoms with E-state index in [0.29, 0.717) is 18.9 Å². The second-order valence-electron chi connectivity index (χ2n) is 6.77. The minimum atomic E-state index is -0.540. The monoisotopic (exact) mass is 485 g/mol. The Morgan fingerprint density at radius 2 is 1.94 bits per heavy atom. The highest BCUT2D eigenvalue weighted by Crippen LogP contribution is 2.26. The number of aromatic nitrogens is 3. The highest BCUT2D eigenvalue weighted by atomic mass is 79.9. The minimum absolute atomic E-state index is 0.115. The Balaban J connectivity index is 1.57. The summed E-state index contributed by atoms with van der Waals surface area (Å²) in [5, 5.41) is 10.7. The van der Waals surface area contributed by atoms with E-state index in [0.717, 1.165) is 28.9 Å². The summed E-state index contributed by atoms with van der Waals surface area (Å²) in [4.78, 5) is 27.3. The number of benzene rings is 2. The van der Waals surface area contributed by atoms with Gasteiger partial charge in [0.25, 0.3) is 5.91 Å². The van der Waals surface area contributed by atoms with Crippen molar-refractivity contribution in [1.29, 1.82) is 0 Å². The van der Waals surface area contributed by atoms with Crippen LogP contribution in [0.2, 0.25) is 0 Å². The van der Waals surface area contributed by atoms with Crippen LogP contribution < -0.4 is 10.2 Å². The smallest absolute Gasteiger partial charge is 0.340 e. The SMILES string of the molecule is COC(=O)c1cc(N2CCOCC2)ccc1NC(=O)c1cn(-c2ccccc2Br)nn1. The molecule has 0 unspecified atom stereocenters. The van der Waals surface area contributed by atoms with Crippen LogP contribution in [0.15, 0.2) is 53.1 Å². The third-order valence-electron chi connectivity index (χ3n) is 4.86. The van der Waals surface area contributed by atoms with Crippen molar-refractivity contribution in [3.63, 3.8) is 0 Å². The number of para-hydroxylation sites is 1. The molecule has 10 heteroatoms. The number of rotatable bonds is 5. The van der Waals surface area contributed by atoms with Gasteiger partial charge in [0.15, 0.2) is 5.69 Å². The maximum absolute atomic E-state index is 12.8. The Morgan fingerprint density at radius 3 is 2.68 bits per heavy atom. The number of carbonyl (C=O) groups is 2. The average Bonchev–Trinajstić information content (AvgIpc) is 3.30. The van der Waals surface area contributed by atoms with Crippen LogP contribution in [0.25, 0.3) is 5.69 Å². The molecule has 0 spiro atoms. The molecule has 0 aliphatic carbocycles. The Hall–Kier alpha value is -3.24. The quantitative estimate of drug-likeness (QED) is 0.554. The average molecular weight is 486 g/mol. The summed E-state index contributed by atoms with van der Waals surface area (Å²) >= 11 is 3.45. The molecule has 1 aliphatic heterocycles. The van der Waals surface area contributed by atoms with Gasteiger partial charge in [0.2, 0.25) is 0 Å². The van der Waals surface area contributed by atoms with Gasteiger partial charge in [0.1, 0.15) is 0 Å². The van der Waals surface area contributed by atoms with E-state index in [1.165, 1.54) is 18.0 Å². The number of methoxy groups -OCH3 is 1. The number of esters is 1. The molecule has 31 heavy (non-hydrogen) atoms. The predicted molar refractivity (Wildman–Crippen MR) is 118 cm³/mol. The third kappa shape index (κ3) is 4.59. The standard InChI is InChI=1S/C21H20BrN5O4/c1-30-21(29)15-12-14(26-8-10-31-11-9-26)6-7-17(15)23-20(28)18-13-27(25-24-18)19-5-3-2-4-16(19)22/h2-7,12-13H,8-11H2,1H3,(H,23,28). The maximum Gasteiger partial charge on any atom is 0.340 e. The number of nitrogens with zero attached hydrogens (tertiary/aromatic N) is 4. The number of hydrogen-bond acceptors (Lipinski definition) is 7. The summed E-state index contributed by atoms with van der Waals surface area (Å²) in [5.74, 6) is -1.02. The number of anilines is 2. The van der Waals surface area contributed by atoms with Crippen molar-refractivity contribution >= 4 is 39.2 Å². The van der Waals surface area contributed by atoms with Gasteiger partial charge < -0.3 is 19.7 Å². The molecule has 0 atom stereocenters. The van der Waals surface area contributed by atoms with E-state index in [-0.39, 0.29) is 11.3 Å². The fraction of sp³-hybridized carbons (Fsp3) is 0.238. The molecule has 1 saturated heterocycles. The van der Waals surface area contributed by atoms with Crippen LogP contribution in [0.4, 0.5) is 11.4 Å². The van der Waals surface area contributed by atoms with Gasteiger partial charge in [-0.1, -0.05) is 17.3 Å². The van der Waals surface area contributed by atoms with E-state index in [4.69, 9.17) is 9.47 Å². The van der Waals surface area contributed by atoms with Crippen LogP contribution in [-0.2, 0) is 9.47 Å². The van der Waals surface area contributed by atoms with Crippen LogP contribution >= 0.6 is 15.9 Å². The first-order valence-corrected chi connectivity index (χ1v) is 10.4. The molecule has 1 amide bonds. The maximum atomic E-state index is 12.8. The van der Waals surface area contributed by atoms with Crippen LogP contribution in [0, 0.1) is 0 Å². The summed E-state index contributed by atoms with van der Waals surface area (Å²) in [6.07, 6.45) is 1.52. The summed E-state index contributed by atoms with van der Waals surface area (Å²) in [7, 11) is 1.30. The highest BCUT2D eigenvalue weighted by Gasteiger charge is 2.20. The normalized spacial score (nSPS) is 13.7. The van der Waals surface area contributed by atoms with E-state index >= 15 is 0 Å². The van der Waals surface area contributed by atoms with Gasteiger partial charge in [0, 0.05) is 23.2 Å². The minimum Gasteiger partial charge on any atom is -0.465 e. The molecule has 1 aliphatic rings. The van der Waals surface area contributed by atoms with Crippen LogP contribution in [0.5, 0.6) is 0 Å². The molecule has 9 nitrogen and oxygen atoms in total. The summed E-state index contributed by atoms with van der Waals surface area (Å²) in [5.41, 5.74) is 2.33. The van der Waals surface area contributed by atoms with Crippen molar-refractivity contribution in [2.45, 2.75) is 0 Å². The Labute approximate surface area is 187 Å². The van der Waals surface area contributed by atoms with Gasteiger partial charge in [-0.15, -0.1) is 5.10 Å². The molecule has 0 saturated carbocycles. The number of halogens is 1. The lowest BCUT2D eigenvalue weighted by atomic mass is 10.1. The third-order valence-corrected chi connectivity index (χ3v) is 5.53. The van der Waals surface area contributed by atoms with Crippen LogP contribution in [0.1, 0.15) is 20.8 Å². The molecule has 2 aromatic carbocycles. The van der Waals surface area contributed by atoms with Crippen molar-refractivity contribution in [2.24, 2.45) is 0 Å². The lowest BCUT2D eigenvalue weighted by Gasteiger charge is -2.29. The molecular formula is C21H20BrN5O4. The molecule has 0 bridgehead atoms. The lowest BCUT2D eigenvalue weighted by molar-refractivity contribution is 0.0602. The first kappa shape index (κ1) is 21.0. The van der Waals surface area contributed by atoms with Crippen molar-refractivity contribution in [1.82, 2.24) is 15.0 Å². The summed E-state index contributed by atoms with van der Waals surface area (Å²) in [6.45, 7) is 2.70. The lowest BCUT2D eigenvalue weighted by Crippen LogP contribution is -2.36. The Bertz CT molecular complexity index is 1110. The number of morpholine rings is 1. The summed E-state index contributed by atoms with van der Waals surface area (Å²) in [6, 6.07) is 12.7. The van der Waals surface area contributed by atoms with Gasteiger partial charge in [-0.2, -0.15) is 0 Å². The van der Waals surface area contributed by atoms with Crippen molar-refractivity contribution < 1.29 is 19.1 Å². The zero-order valence-electron chi connectivity index (χ0n) is 16.7. The zero-order chi connectivity index (χ0) is 21.8. The predicted octanol–water partition coefficient (Wildman–Crippen LogP) is 2.91. The fourth-order valence-electron chi connectivity index (χ4n) is 3.25. The molecule has 4 rings (SSSR count). The highest BCUT2D eigenvalue weighted by molar-refractivity contribution is 9.10. The van der Waals surface area contributed by atoms with E-state index in [1.807, 2.05) is 30.3 Å². The second kappa shape index (κ2) is 9.27. The molecule has 1 aromatic heterocycles. The molecule has 0 radical (unpaired) electrons. The molecule has 2 heterocycles. The zero-order valence-corrected chi connectivity index (χ0v) is 18.3. The number of carbonyl (C=O) groups excluding carboxylic acids is 2. The van der Waals surface area contributed by atoms with Gasteiger partial charge >= 0.3 is 5.97 Å². The number of hydrogen-bond donors (Lipinski definition) is 1. The molecular weight excluding hydrogens is 466 g/mol. The number of nitrogens with one attached hydrogen (secondary N) is 1. The molecule has 3 aromatic rings. The van der Waals surface area contributed by atoms with Gasteiger partial charge in [-0.05, 0) is 46.3 Å². The van der Waals surface area contributed by atoms with E-state index in [2.05, 4.69) is 36.5 Å². The van der Waals surface area contributed by atoms with Crippen molar-refractivity contribution in [3.8, 4) is 5.69 Å². The van der Waals surface area contributed by atoms with E-state index in [1.54, 1.807) is 12.1 Å². The van der Waals surface area contributed by atoms with Gasteiger partial charge in [0.05, 0.1) is 43.5 Å². The van der Waals surface area contributed by atoms with Crippen molar-refractivity contribution in [3.05, 3.63) is 64.4 Å². The van der Waals surface area contributed by atoms with Crippen LogP contribution in [-0.4, -0.2) is 60.3 Å². The van der Waals surface area contributed by atoms with Gasteiger partial charge in [-0.3, -0.25) is 4.79 Å². The first-order valence-electron chi connectivity index (χ1n) is 9.60. The second-order valence-corrected chi connectivity index (χ2v) is 7.63. The Kier molecular flexibility index (Phi) is 6.28. The summed E-state index contributed by atoms with van der Waals surface area (Å²) < 4.78 is 12.6. The van der Waals surface area contributed by atoms with Crippen molar-refractivity contribution in [2.75, 3.05) is 43.6 Å². The largest absolute Gasteiger partial charge is 0.465 e. The topological polar surface area (TPSA) is 98.6 Å². The molecule has 1 N–H and O–H groups in total. The van der Waals surface area contributed by atoms with Crippen LogP contribution in [0.3, 0.4) is 0 Å². The first-order chi connectivity index (χ1) is 15.1.